The minimum Gasteiger partial charge on any atom is -0.444 e. The monoisotopic (exact) mass is 377 g/mol. The summed E-state index contributed by atoms with van der Waals surface area (Å²) in [6.07, 6.45) is -0.545. The van der Waals surface area contributed by atoms with E-state index in [1.807, 2.05) is 13.8 Å². The average molecular weight is 378 g/mol. The van der Waals surface area contributed by atoms with Gasteiger partial charge in [-0.25, -0.2) is 13.6 Å². The highest BCUT2D eigenvalue weighted by Gasteiger charge is 2.25. The van der Waals surface area contributed by atoms with Crippen LogP contribution in [0.5, 0.6) is 0 Å². The number of benzene rings is 1. The summed E-state index contributed by atoms with van der Waals surface area (Å²) >= 11 is 3.04. The maximum absolute atomic E-state index is 14.0. The molecule has 3 nitrogen and oxygen atoms in total. The first kappa shape index (κ1) is 18.9. The Morgan fingerprint density at radius 1 is 1.27 bits per heavy atom. The molecule has 0 heterocycles. The summed E-state index contributed by atoms with van der Waals surface area (Å²) < 4.78 is 32.9. The van der Waals surface area contributed by atoms with E-state index >= 15 is 0 Å². The van der Waals surface area contributed by atoms with Crippen LogP contribution in [0.15, 0.2) is 16.6 Å². The molecule has 0 aromatic heterocycles. The zero-order chi connectivity index (χ0) is 17.1. The minimum absolute atomic E-state index is 0.0322. The van der Waals surface area contributed by atoms with Gasteiger partial charge in [0, 0.05) is 12.1 Å². The van der Waals surface area contributed by atoms with Gasteiger partial charge in [-0.15, -0.1) is 0 Å². The van der Waals surface area contributed by atoms with Crippen LogP contribution in [0.3, 0.4) is 0 Å². The maximum Gasteiger partial charge on any atom is 0.410 e. The lowest BCUT2D eigenvalue weighted by atomic mass is 10.1. The lowest BCUT2D eigenvalue weighted by molar-refractivity contribution is 0.0209. The van der Waals surface area contributed by atoms with Crippen LogP contribution in [-0.2, 0) is 11.3 Å². The number of amides is 1. The lowest BCUT2D eigenvalue weighted by Gasteiger charge is -2.29. The summed E-state index contributed by atoms with van der Waals surface area (Å²) in [5.41, 5.74) is -0.546. The van der Waals surface area contributed by atoms with Gasteiger partial charge in [-0.05, 0) is 54.8 Å². The van der Waals surface area contributed by atoms with Crippen molar-refractivity contribution in [1.82, 2.24) is 4.90 Å². The van der Waals surface area contributed by atoms with Crippen LogP contribution >= 0.6 is 15.9 Å². The minimum atomic E-state index is -0.649. The second-order valence-electron chi connectivity index (χ2n) is 6.58. The molecule has 0 radical (unpaired) electrons. The summed E-state index contributed by atoms with van der Waals surface area (Å²) in [6.45, 7) is 9.49. The molecule has 0 fully saturated rings. The first-order valence-electron chi connectivity index (χ1n) is 7.11. The van der Waals surface area contributed by atoms with Gasteiger partial charge in [-0.1, -0.05) is 13.8 Å². The quantitative estimate of drug-likeness (QED) is 0.681. The van der Waals surface area contributed by atoms with Crippen molar-refractivity contribution < 1.29 is 18.3 Å². The van der Waals surface area contributed by atoms with Crippen LogP contribution in [0.1, 0.15) is 40.2 Å². The number of ether oxygens (including phenoxy) is 1. The Morgan fingerprint density at radius 3 is 2.32 bits per heavy atom. The van der Waals surface area contributed by atoms with Crippen molar-refractivity contribution in [2.24, 2.45) is 5.92 Å². The largest absolute Gasteiger partial charge is 0.444 e. The van der Waals surface area contributed by atoms with Crippen molar-refractivity contribution in [3.8, 4) is 0 Å². The first-order valence-corrected chi connectivity index (χ1v) is 7.91. The van der Waals surface area contributed by atoms with Gasteiger partial charge in [0.05, 0.1) is 11.0 Å². The molecule has 0 N–H and O–H groups in total. The standard InChI is InChI=1S/C16H22BrF2NO2/c1-10(2)8-20(15(21)22-16(3,4)5)9-11-12(18)6-7-13(19)14(11)17/h6-7,10H,8-9H2,1-5H3. The molecule has 0 aliphatic rings. The predicted octanol–water partition coefficient (Wildman–Crippen LogP) is 5.12. The fourth-order valence-corrected chi connectivity index (χ4v) is 2.32. The first-order chi connectivity index (χ1) is 10.0. The molecule has 1 aromatic rings. The Hall–Kier alpha value is -1.17. The molecule has 124 valence electrons. The molecule has 1 amide bonds. The molecule has 0 atom stereocenters. The average Bonchev–Trinajstić information content (AvgIpc) is 2.35. The van der Waals surface area contributed by atoms with Crippen LogP contribution in [0.4, 0.5) is 13.6 Å². The van der Waals surface area contributed by atoms with Gasteiger partial charge in [-0.3, -0.25) is 0 Å². The Bertz CT molecular complexity index is 542. The van der Waals surface area contributed by atoms with E-state index in [9.17, 15) is 13.6 Å². The molecular weight excluding hydrogens is 356 g/mol. The van der Waals surface area contributed by atoms with E-state index in [1.54, 1.807) is 20.8 Å². The number of carbonyl (C=O) groups excluding carboxylic acids is 1. The molecule has 0 aliphatic heterocycles. The predicted molar refractivity (Wildman–Crippen MR) is 85.5 cm³/mol. The smallest absolute Gasteiger partial charge is 0.410 e. The number of hydrogen-bond acceptors (Lipinski definition) is 2. The SMILES string of the molecule is CC(C)CN(Cc1c(F)ccc(F)c1Br)C(=O)OC(C)(C)C. The van der Waals surface area contributed by atoms with Gasteiger partial charge in [0.25, 0.3) is 0 Å². The number of nitrogens with zero attached hydrogens (tertiary/aromatic N) is 1. The molecule has 1 aromatic carbocycles. The van der Waals surface area contributed by atoms with Crippen molar-refractivity contribution >= 4 is 22.0 Å². The highest BCUT2D eigenvalue weighted by molar-refractivity contribution is 9.10. The second kappa shape index (κ2) is 7.40. The molecule has 0 saturated heterocycles. The number of rotatable bonds is 4. The normalized spacial score (nSPS) is 11.7. The van der Waals surface area contributed by atoms with Crippen LogP contribution in [0, 0.1) is 17.6 Å². The highest BCUT2D eigenvalue weighted by Crippen LogP contribution is 2.26. The van der Waals surface area contributed by atoms with E-state index in [-0.39, 0.29) is 22.5 Å². The summed E-state index contributed by atoms with van der Waals surface area (Å²) in [4.78, 5) is 13.7. The van der Waals surface area contributed by atoms with E-state index < -0.39 is 23.3 Å². The van der Waals surface area contributed by atoms with Crippen molar-refractivity contribution in [2.75, 3.05) is 6.54 Å². The molecule has 0 spiro atoms. The molecule has 0 saturated carbocycles. The number of hydrogen-bond donors (Lipinski definition) is 0. The molecular formula is C16H22BrF2NO2. The Morgan fingerprint density at radius 2 is 1.82 bits per heavy atom. The molecule has 1 rings (SSSR count). The van der Waals surface area contributed by atoms with E-state index in [4.69, 9.17) is 4.74 Å². The third kappa shape index (κ3) is 5.55. The summed E-state index contributed by atoms with van der Waals surface area (Å²) in [5.74, 6) is -0.960. The fourth-order valence-electron chi connectivity index (χ4n) is 1.88. The summed E-state index contributed by atoms with van der Waals surface area (Å²) in [7, 11) is 0. The van der Waals surface area contributed by atoms with Gasteiger partial charge in [0.2, 0.25) is 0 Å². The lowest BCUT2D eigenvalue weighted by Crippen LogP contribution is -2.38. The summed E-state index contributed by atoms with van der Waals surface area (Å²) in [6, 6.07) is 2.10. The third-order valence-electron chi connectivity index (χ3n) is 2.73. The van der Waals surface area contributed by atoms with Crippen LogP contribution < -0.4 is 0 Å². The fraction of sp³-hybridized carbons (Fsp3) is 0.562. The highest BCUT2D eigenvalue weighted by atomic mass is 79.9. The Labute approximate surface area is 138 Å². The summed E-state index contributed by atoms with van der Waals surface area (Å²) in [5, 5.41) is 0. The van der Waals surface area contributed by atoms with Crippen LogP contribution in [-0.4, -0.2) is 23.1 Å². The van der Waals surface area contributed by atoms with Crippen molar-refractivity contribution in [3.05, 3.63) is 33.8 Å². The molecule has 0 unspecified atom stereocenters. The van der Waals surface area contributed by atoms with Gasteiger partial charge in [-0.2, -0.15) is 0 Å². The van der Waals surface area contributed by atoms with Gasteiger partial charge >= 0.3 is 6.09 Å². The number of carbonyl (C=O) groups is 1. The van der Waals surface area contributed by atoms with Gasteiger partial charge < -0.3 is 9.64 Å². The number of halogens is 3. The van der Waals surface area contributed by atoms with Crippen LogP contribution in [0.2, 0.25) is 0 Å². The molecule has 6 heteroatoms. The van der Waals surface area contributed by atoms with E-state index in [2.05, 4.69) is 15.9 Å². The Kier molecular flexibility index (Phi) is 6.35. The van der Waals surface area contributed by atoms with Crippen molar-refractivity contribution in [1.29, 1.82) is 0 Å². The molecule has 22 heavy (non-hydrogen) atoms. The van der Waals surface area contributed by atoms with E-state index in [1.165, 1.54) is 4.90 Å². The van der Waals surface area contributed by atoms with Crippen LogP contribution in [0.25, 0.3) is 0 Å². The zero-order valence-electron chi connectivity index (χ0n) is 13.5. The third-order valence-corrected chi connectivity index (χ3v) is 3.58. The van der Waals surface area contributed by atoms with Crippen molar-refractivity contribution in [2.45, 2.75) is 46.8 Å². The Balaban J connectivity index is 3.04. The maximum atomic E-state index is 14.0. The van der Waals surface area contributed by atoms with E-state index in [0.717, 1.165) is 12.1 Å². The molecule has 0 aliphatic carbocycles. The van der Waals surface area contributed by atoms with Gasteiger partial charge in [0.1, 0.15) is 17.2 Å². The van der Waals surface area contributed by atoms with E-state index in [0.29, 0.717) is 6.54 Å². The topological polar surface area (TPSA) is 29.5 Å². The van der Waals surface area contributed by atoms with Crippen molar-refractivity contribution in [3.63, 3.8) is 0 Å². The zero-order valence-corrected chi connectivity index (χ0v) is 15.1. The molecule has 0 bridgehead atoms. The second-order valence-corrected chi connectivity index (χ2v) is 7.37. The van der Waals surface area contributed by atoms with Gasteiger partial charge in [0.15, 0.2) is 0 Å².